The van der Waals surface area contributed by atoms with Gasteiger partial charge in [-0.15, -0.1) is 0 Å². The van der Waals surface area contributed by atoms with Crippen LogP contribution in [0, 0.1) is 11.8 Å². The highest BCUT2D eigenvalue weighted by Crippen LogP contribution is 2.30. The number of hydrogen-bond acceptors (Lipinski definition) is 4. The standard InChI is InChI=1S/C17H22INO4/c1-12(18)8-14-9-19(10-15(14)16(20)22-2)17(21)23-11-13-6-4-3-5-7-13/h3-7,12,14-15H,8-11H2,1-2H3/t12-,14?,15?/m0/s1. The van der Waals surface area contributed by atoms with Crippen LogP contribution in [0.4, 0.5) is 4.79 Å². The molecule has 0 bridgehead atoms. The molecule has 5 nitrogen and oxygen atoms in total. The molecule has 0 aromatic heterocycles. The molecule has 6 heteroatoms. The van der Waals surface area contributed by atoms with E-state index in [9.17, 15) is 9.59 Å². The van der Waals surface area contributed by atoms with Crippen molar-refractivity contribution in [3.63, 3.8) is 0 Å². The summed E-state index contributed by atoms with van der Waals surface area (Å²) in [6.07, 6.45) is 0.509. The molecule has 0 spiro atoms. The van der Waals surface area contributed by atoms with Crippen molar-refractivity contribution < 1.29 is 19.1 Å². The van der Waals surface area contributed by atoms with Gasteiger partial charge in [-0.1, -0.05) is 59.8 Å². The molecule has 2 unspecified atom stereocenters. The summed E-state index contributed by atoms with van der Waals surface area (Å²) in [7, 11) is 1.39. The monoisotopic (exact) mass is 431 g/mol. The number of ether oxygens (including phenoxy) is 2. The predicted molar refractivity (Wildman–Crippen MR) is 95.3 cm³/mol. The maximum atomic E-state index is 12.3. The van der Waals surface area contributed by atoms with E-state index in [1.54, 1.807) is 4.90 Å². The molecule has 1 heterocycles. The second-order valence-corrected chi connectivity index (χ2v) is 7.98. The van der Waals surface area contributed by atoms with Crippen LogP contribution in [0.2, 0.25) is 0 Å². The Morgan fingerprint density at radius 3 is 2.61 bits per heavy atom. The lowest BCUT2D eigenvalue weighted by atomic mass is 9.92. The summed E-state index contributed by atoms with van der Waals surface area (Å²) in [6.45, 7) is 3.26. The summed E-state index contributed by atoms with van der Waals surface area (Å²) in [5.41, 5.74) is 0.946. The van der Waals surface area contributed by atoms with E-state index in [2.05, 4.69) is 29.5 Å². The van der Waals surface area contributed by atoms with E-state index in [1.165, 1.54) is 7.11 Å². The second-order valence-electron chi connectivity index (χ2n) is 5.85. The van der Waals surface area contributed by atoms with Crippen molar-refractivity contribution in [3.8, 4) is 0 Å². The topological polar surface area (TPSA) is 55.8 Å². The van der Waals surface area contributed by atoms with Crippen molar-refractivity contribution in [2.24, 2.45) is 11.8 Å². The Kier molecular flexibility index (Phi) is 6.68. The minimum absolute atomic E-state index is 0.124. The number of halogens is 1. The van der Waals surface area contributed by atoms with Gasteiger partial charge in [0, 0.05) is 17.0 Å². The zero-order chi connectivity index (χ0) is 16.8. The molecule has 1 aliphatic rings. The van der Waals surface area contributed by atoms with Crippen molar-refractivity contribution in [3.05, 3.63) is 35.9 Å². The Hall–Kier alpha value is -1.31. The molecule has 1 fully saturated rings. The molecule has 0 N–H and O–H groups in total. The first kappa shape index (κ1) is 18.0. The van der Waals surface area contributed by atoms with E-state index in [0.29, 0.717) is 17.0 Å². The molecule has 23 heavy (non-hydrogen) atoms. The first-order valence-electron chi connectivity index (χ1n) is 7.68. The molecular formula is C17H22INO4. The number of nitrogens with zero attached hydrogens (tertiary/aromatic N) is 1. The Morgan fingerprint density at radius 2 is 2.00 bits per heavy atom. The van der Waals surface area contributed by atoms with Crippen LogP contribution in [-0.2, 0) is 20.9 Å². The van der Waals surface area contributed by atoms with Crippen molar-refractivity contribution in [1.29, 1.82) is 0 Å². The molecule has 0 radical (unpaired) electrons. The summed E-state index contributed by atoms with van der Waals surface area (Å²) in [4.78, 5) is 25.8. The number of hydrogen-bond donors (Lipinski definition) is 0. The van der Waals surface area contributed by atoms with Gasteiger partial charge >= 0.3 is 12.1 Å². The average molecular weight is 431 g/mol. The second kappa shape index (κ2) is 8.52. The van der Waals surface area contributed by atoms with Gasteiger partial charge in [0.15, 0.2) is 0 Å². The predicted octanol–water partition coefficient (Wildman–Crippen LogP) is 3.26. The van der Waals surface area contributed by atoms with Crippen molar-refractivity contribution >= 4 is 34.7 Å². The third-order valence-electron chi connectivity index (χ3n) is 4.04. The molecule has 1 aliphatic heterocycles. The molecule has 3 atom stereocenters. The molecule has 1 amide bonds. The maximum absolute atomic E-state index is 12.3. The van der Waals surface area contributed by atoms with Crippen molar-refractivity contribution in [2.45, 2.75) is 23.9 Å². The minimum Gasteiger partial charge on any atom is -0.469 e. The van der Waals surface area contributed by atoms with Gasteiger partial charge in [-0.2, -0.15) is 0 Å². The summed E-state index contributed by atoms with van der Waals surface area (Å²) >= 11 is 2.34. The Labute approximate surface area is 150 Å². The third kappa shape index (κ3) is 5.09. The molecule has 0 saturated carbocycles. The number of benzene rings is 1. The molecule has 1 aromatic rings. The van der Waals surface area contributed by atoms with Crippen LogP contribution < -0.4 is 0 Å². The van der Waals surface area contributed by atoms with Crippen molar-refractivity contribution in [2.75, 3.05) is 20.2 Å². The minimum atomic E-state index is -0.369. The first-order valence-corrected chi connectivity index (χ1v) is 8.93. The van der Waals surface area contributed by atoms with Gasteiger partial charge in [-0.05, 0) is 17.9 Å². The molecule has 126 valence electrons. The molecule has 2 rings (SSSR count). The summed E-state index contributed by atoms with van der Waals surface area (Å²) < 4.78 is 10.7. The fraction of sp³-hybridized carbons (Fsp3) is 0.529. The van der Waals surface area contributed by atoms with Gasteiger partial charge in [-0.25, -0.2) is 4.79 Å². The fourth-order valence-corrected chi connectivity index (χ4v) is 3.56. The normalized spacial score (nSPS) is 21.8. The van der Waals surface area contributed by atoms with E-state index < -0.39 is 0 Å². The van der Waals surface area contributed by atoms with E-state index in [4.69, 9.17) is 9.47 Å². The lowest BCUT2D eigenvalue weighted by molar-refractivity contribution is -0.146. The number of alkyl halides is 1. The van der Waals surface area contributed by atoms with Gasteiger partial charge in [-0.3, -0.25) is 4.79 Å². The highest BCUT2D eigenvalue weighted by molar-refractivity contribution is 14.1. The van der Waals surface area contributed by atoms with Crippen LogP contribution in [0.15, 0.2) is 30.3 Å². The maximum Gasteiger partial charge on any atom is 0.410 e. The van der Waals surface area contributed by atoms with Gasteiger partial charge in [0.1, 0.15) is 6.61 Å². The van der Waals surface area contributed by atoms with E-state index in [0.717, 1.165) is 12.0 Å². The van der Waals surface area contributed by atoms with Gasteiger partial charge in [0.25, 0.3) is 0 Å². The molecule has 1 saturated heterocycles. The summed E-state index contributed by atoms with van der Waals surface area (Å²) in [5, 5.41) is 0. The molecular weight excluding hydrogens is 409 g/mol. The first-order chi connectivity index (χ1) is 11.0. The number of amides is 1. The van der Waals surface area contributed by atoms with Crippen LogP contribution in [0.25, 0.3) is 0 Å². The van der Waals surface area contributed by atoms with Crippen LogP contribution in [0.1, 0.15) is 18.9 Å². The zero-order valence-electron chi connectivity index (χ0n) is 13.4. The fourth-order valence-electron chi connectivity index (χ4n) is 2.91. The molecule has 0 aliphatic carbocycles. The molecule has 1 aromatic carbocycles. The SMILES string of the molecule is COC(=O)C1CN(C(=O)OCc2ccccc2)CC1C[C@H](C)I. The largest absolute Gasteiger partial charge is 0.469 e. The van der Waals surface area contributed by atoms with Crippen LogP contribution in [0.5, 0.6) is 0 Å². The summed E-state index contributed by atoms with van der Waals surface area (Å²) in [6, 6.07) is 9.56. The number of methoxy groups -OCH3 is 1. The number of carbonyl (C=O) groups is 2. The number of esters is 1. The van der Waals surface area contributed by atoms with E-state index in [1.807, 2.05) is 30.3 Å². The lowest BCUT2D eigenvalue weighted by Crippen LogP contribution is -2.30. The number of rotatable bonds is 5. The zero-order valence-corrected chi connectivity index (χ0v) is 15.6. The summed E-state index contributed by atoms with van der Waals surface area (Å²) in [5.74, 6) is -0.384. The Bertz CT molecular complexity index is 535. The van der Waals surface area contributed by atoms with Crippen LogP contribution >= 0.6 is 22.6 Å². The average Bonchev–Trinajstić information content (AvgIpc) is 2.96. The smallest absolute Gasteiger partial charge is 0.410 e. The highest BCUT2D eigenvalue weighted by atomic mass is 127. The van der Waals surface area contributed by atoms with Gasteiger partial charge in [0.2, 0.25) is 0 Å². The third-order valence-corrected chi connectivity index (χ3v) is 4.54. The van der Waals surface area contributed by atoms with Crippen LogP contribution in [0.3, 0.4) is 0 Å². The van der Waals surface area contributed by atoms with Crippen LogP contribution in [-0.4, -0.2) is 41.1 Å². The lowest BCUT2D eigenvalue weighted by Gasteiger charge is -2.17. The number of likely N-dealkylation sites (tertiary alicyclic amines) is 1. The van der Waals surface area contributed by atoms with Crippen molar-refractivity contribution in [1.82, 2.24) is 4.90 Å². The van der Waals surface area contributed by atoms with E-state index >= 15 is 0 Å². The Balaban J connectivity index is 1.94. The number of carbonyl (C=O) groups excluding carboxylic acids is 2. The Morgan fingerprint density at radius 1 is 1.30 bits per heavy atom. The quantitative estimate of drug-likeness (QED) is 0.408. The van der Waals surface area contributed by atoms with E-state index in [-0.39, 0.29) is 30.5 Å². The highest BCUT2D eigenvalue weighted by Gasteiger charge is 2.41. The van der Waals surface area contributed by atoms with Gasteiger partial charge < -0.3 is 14.4 Å². The van der Waals surface area contributed by atoms with Gasteiger partial charge in [0.05, 0.1) is 13.0 Å².